The maximum Gasteiger partial charge on any atom is 0.0471 e. The molecular weight excluding hydrogens is 302 g/mol. The molecule has 8 heavy (non-hydrogen) atoms. The van der Waals surface area contributed by atoms with Gasteiger partial charge in [0.05, 0.1) is 0 Å². The van der Waals surface area contributed by atoms with E-state index in [1.165, 1.54) is 12.8 Å². The summed E-state index contributed by atoms with van der Waals surface area (Å²) in [5.41, 5.74) is 0. The number of hydrogen-bond donors (Lipinski definition) is 0. The first kappa shape index (κ1) is 7.61. The minimum atomic E-state index is 0.372. The molecule has 3 unspecified atom stereocenters. The van der Waals surface area contributed by atoms with Gasteiger partial charge in [-0.25, -0.2) is 0 Å². The highest BCUT2D eigenvalue weighted by Crippen LogP contribution is 2.35. The van der Waals surface area contributed by atoms with Crippen molar-refractivity contribution in [2.75, 3.05) is 0 Å². The van der Waals surface area contributed by atoms with Gasteiger partial charge in [-0.05, 0) is 12.8 Å². The summed E-state index contributed by atoms with van der Waals surface area (Å²) >= 11 is 11.9. The van der Waals surface area contributed by atoms with Crippen molar-refractivity contribution in [2.45, 2.75) is 27.0 Å². The zero-order valence-electron chi connectivity index (χ0n) is 4.28. The minimum absolute atomic E-state index is 0.372. The van der Waals surface area contributed by atoms with Gasteiger partial charge in [0.15, 0.2) is 0 Å². The molecule has 0 heterocycles. The van der Waals surface area contributed by atoms with Crippen LogP contribution >= 0.6 is 50.1 Å². The van der Waals surface area contributed by atoms with E-state index in [-0.39, 0.29) is 0 Å². The Morgan fingerprint density at radius 2 is 2.12 bits per heavy atom. The predicted molar refractivity (Wildman–Crippen MR) is 49.4 cm³/mol. The molecule has 48 valence electrons. The smallest absolute Gasteiger partial charge is 0.0471 e. The molecule has 3 atom stereocenters. The van der Waals surface area contributed by atoms with E-state index in [1.807, 2.05) is 0 Å². The third-order valence-electron chi connectivity index (χ3n) is 1.41. The van der Waals surface area contributed by atoms with Gasteiger partial charge in [-0.15, -0.1) is 11.6 Å². The lowest BCUT2D eigenvalue weighted by molar-refractivity contribution is 0.902. The van der Waals surface area contributed by atoms with Crippen LogP contribution in [-0.2, 0) is 0 Å². The van der Waals surface area contributed by atoms with Crippen LogP contribution in [0, 0.1) is 0 Å². The first-order valence-corrected chi connectivity index (χ1v) is 5.24. The van der Waals surface area contributed by atoms with E-state index in [0.29, 0.717) is 10.2 Å². The van der Waals surface area contributed by atoms with Gasteiger partial charge < -0.3 is 0 Å². The average molecular weight is 309 g/mol. The first-order chi connectivity index (χ1) is 3.72. The normalized spacial score (nSPS) is 47.6. The quantitative estimate of drug-likeness (QED) is 0.477. The van der Waals surface area contributed by atoms with Crippen LogP contribution in [-0.4, -0.2) is 14.1 Å². The summed E-state index contributed by atoms with van der Waals surface area (Å²) in [5, 5.41) is 0.372. The van der Waals surface area contributed by atoms with Gasteiger partial charge in [0.1, 0.15) is 0 Å². The molecule has 0 aromatic rings. The Morgan fingerprint density at radius 1 is 1.50 bits per heavy atom. The second-order valence-corrected chi connectivity index (χ2v) is 5.27. The largest absolute Gasteiger partial charge is 0.122 e. The van der Waals surface area contributed by atoms with Crippen LogP contribution in [0.15, 0.2) is 0 Å². The Balaban J connectivity index is 2.44. The Labute approximate surface area is 76.6 Å². The van der Waals surface area contributed by atoms with Crippen LogP contribution in [0.5, 0.6) is 0 Å². The molecule has 0 radical (unpaired) electrons. The summed E-state index contributed by atoms with van der Waals surface area (Å²) in [7, 11) is 0. The first-order valence-electron chi connectivity index (χ1n) is 2.64. The maximum absolute atomic E-state index is 5.91. The number of rotatable bonds is 0. The summed E-state index contributed by atoms with van der Waals surface area (Å²) in [6, 6.07) is 0. The van der Waals surface area contributed by atoms with E-state index in [4.69, 9.17) is 11.6 Å². The summed E-state index contributed by atoms with van der Waals surface area (Å²) in [6.07, 6.45) is 2.44. The fourth-order valence-corrected chi connectivity index (χ4v) is 2.80. The fourth-order valence-electron chi connectivity index (χ4n) is 0.863. The monoisotopic (exact) mass is 308 g/mol. The third-order valence-corrected chi connectivity index (χ3v) is 5.87. The average Bonchev–Trinajstić information content (AvgIpc) is 1.98. The molecule has 1 aliphatic rings. The van der Waals surface area contributed by atoms with Gasteiger partial charge in [0, 0.05) is 14.1 Å². The van der Waals surface area contributed by atoms with E-state index in [0.717, 1.165) is 3.92 Å². The van der Waals surface area contributed by atoms with Crippen molar-refractivity contribution in [2.24, 2.45) is 0 Å². The molecule has 0 spiro atoms. The Bertz CT molecular complexity index is 78.5. The number of halogens is 3. The van der Waals surface area contributed by atoms with Crippen molar-refractivity contribution >= 4 is 50.1 Å². The topological polar surface area (TPSA) is 0 Å². The van der Waals surface area contributed by atoms with Crippen molar-refractivity contribution in [1.29, 1.82) is 0 Å². The van der Waals surface area contributed by atoms with Gasteiger partial charge in [0.2, 0.25) is 0 Å². The number of hydrogen-bond acceptors (Lipinski definition) is 0. The van der Waals surface area contributed by atoms with Crippen LogP contribution in [0.3, 0.4) is 0 Å². The Kier molecular flexibility index (Phi) is 2.91. The van der Waals surface area contributed by atoms with Crippen molar-refractivity contribution < 1.29 is 0 Å². The van der Waals surface area contributed by atoms with Crippen LogP contribution in [0.1, 0.15) is 12.8 Å². The summed E-state index contributed by atoms with van der Waals surface area (Å²) in [6.45, 7) is 0. The van der Waals surface area contributed by atoms with E-state index in [1.54, 1.807) is 0 Å². The standard InChI is InChI=1S/C5H7BrClI/c6-5-3(7)1-2-4(5)8/h3-5H,1-2H2. The molecule has 0 aromatic heterocycles. The van der Waals surface area contributed by atoms with Gasteiger partial charge in [-0.2, -0.15) is 0 Å². The maximum atomic E-state index is 5.91. The molecule has 0 bridgehead atoms. The molecule has 0 saturated heterocycles. The van der Waals surface area contributed by atoms with Gasteiger partial charge in [-0.1, -0.05) is 38.5 Å². The lowest BCUT2D eigenvalue weighted by Gasteiger charge is -2.06. The summed E-state index contributed by atoms with van der Waals surface area (Å²) in [4.78, 5) is 0.546. The Hall–Kier alpha value is 1.50. The minimum Gasteiger partial charge on any atom is -0.122 e. The highest BCUT2D eigenvalue weighted by atomic mass is 127. The highest BCUT2D eigenvalue weighted by molar-refractivity contribution is 14.1. The second-order valence-electron chi connectivity index (χ2n) is 2.05. The summed E-state index contributed by atoms with van der Waals surface area (Å²) in [5.74, 6) is 0. The van der Waals surface area contributed by atoms with Crippen LogP contribution in [0.25, 0.3) is 0 Å². The number of alkyl halides is 3. The molecular formula is C5H7BrClI. The molecule has 3 heteroatoms. The molecule has 0 N–H and O–H groups in total. The zero-order valence-corrected chi connectivity index (χ0v) is 8.78. The van der Waals surface area contributed by atoms with E-state index in [2.05, 4.69) is 38.5 Å². The Morgan fingerprint density at radius 3 is 2.25 bits per heavy atom. The van der Waals surface area contributed by atoms with Crippen LogP contribution in [0.2, 0.25) is 0 Å². The molecule has 0 aromatic carbocycles. The van der Waals surface area contributed by atoms with Gasteiger partial charge in [0.25, 0.3) is 0 Å². The summed E-state index contributed by atoms with van der Waals surface area (Å²) < 4.78 is 0.745. The molecule has 0 amide bonds. The SMILES string of the molecule is ClC1CCC(I)C1Br. The lowest BCUT2D eigenvalue weighted by atomic mass is 10.4. The van der Waals surface area contributed by atoms with Crippen LogP contribution in [0.4, 0.5) is 0 Å². The fraction of sp³-hybridized carbons (Fsp3) is 1.00. The van der Waals surface area contributed by atoms with Crippen LogP contribution < -0.4 is 0 Å². The second kappa shape index (κ2) is 3.06. The molecule has 1 rings (SSSR count). The van der Waals surface area contributed by atoms with Crippen molar-refractivity contribution in [3.63, 3.8) is 0 Å². The van der Waals surface area contributed by atoms with E-state index in [9.17, 15) is 0 Å². The van der Waals surface area contributed by atoms with Gasteiger partial charge >= 0.3 is 0 Å². The zero-order chi connectivity index (χ0) is 6.15. The van der Waals surface area contributed by atoms with Gasteiger partial charge in [-0.3, -0.25) is 0 Å². The van der Waals surface area contributed by atoms with E-state index < -0.39 is 0 Å². The highest BCUT2D eigenvalue weighted by Gasteiger charge is 2.30. The van der Waals surface area contributed by atoms with Crippen molar-refractivity contribution in [1.82, 2.24) is 0 Å². The predicted octanol–water partition coefficient (Wildman–Crippen LogP) is 2.95. The van der Waals surface area contributed by atoms with Crippen molar-refractivity contribution in [3.8, 4) is 0 Å². The molecule has 1 fully saturated rings. The molecule has 1 aliphatic carbocycles. The van der Waals surface area contributed by atoms with E-state index >= 15 is 0 Å². The molecule has 0 aliphatic heterocycles. The lowest BCUT2D eigenvalue weighted by Crippen LogP contribution is -2.12. The third kappa shape index (κ3) is 1.51. The van der Waals surface area contributed by atoms with Crippen molar-refractivity contribution in [3.05, 3.63) is 0 Å². The molecule has 1 saturated carbocycles. The molecule has 0 nitrogen and oxygen atoms in total.